The number of hydrogen-bond donors (Lipinski definition) is 1. The van der Waals surface area contributed by atoms with Gasteiger partial charge in [0.15, 0.2) is 0 Å². The zero-order chi connectivity index (χ0) is 13.1. The molecule has 2 nitrogen and oxygen atoms in total. The van der Waals surface area contributed by atoms with Crippen LogP contribution < -0.4 is 5.32 Å². The number of halogens is 4. The predicted molar refractivity (Wildman–Crippen MR) is 78.0 cm³/mol. The Kier molecular flexibility index (Phi) is 4.57. The fourth-order valence-electron chi connectivity index (χ4n) is 1.42. The van der Waals surface area contributed by atoms with Crippen LogP contribution in [-0.4, -0.2) is 4.98 Å². The van der Waals surface area contributed by atoms with Gasteiger partial charge >= 0.3 is 0 Å². The third-order valence-electron chi connectivity index (χ3n) is 2.30. The molecule has 1 aromatic heterocycles. The van der Waals surface area contributed by atoms with Crippen LogP contribution in [0.4, 0.5) is 5.82 Å². The SMILES string of the molecule is Clc1cccc(NCc2c(Cl)ccc(Cl)c2Cl)n1. The van der Waals surface area contributed by atoms with E-state index in [0.717, 1.165) is 5.56 Å². The first-order chi connectivity index (χ1) is 8.58. The standard InChI is InChI=1S/C12H8Cl4N2/c13-8-4-5-9(14)12(16)7(8)6-17-11-3-1-2-10(15)18-11/h1-5H,6H2,(H,17,18). The van der Waals surface area contributed by atoms with Gasteiger partial charge in [-0.15, -0.1) is 0 Å². The maximum atomic E-state index is 6.09. The second-order valence-electron chi connectivity index (χ2n) is 3.52. The van der Waals surface area contributed by atoms with Crippen LogP contribution in [0.5, 0.6) is 0 Å². The van der Waals surface area contributed by atoms with Crippen LogP contribution in [0.15, 0.2) is 30.3 Å². The van der Waals surface area contributed by atoms with Crippen molar-refractivity contribution in [1.82, 2.24) is 4.98 Å². The summed E-state index contributed by atoms with van der Waals surface area (Å²) >= 11 is 23.9. The van der Waals surface area contributed by atoms with E-state index in [9.17, 15) is 0 Å². The molecule has 0 saturated heterocycles. The second-order valence-corrected chi connectivity index (χ2v) is 5.10. The average Bonchev–Trinajstić information content (AvgIpc) is 2.34. The normalized spacial score (nSPS) is 10.4. The van der Waals surface area contributed by atoms with Gasteiger partial charge in [-0.25, -0.2) is 4.98 Å². The van der Waals surface area contributed by atoms with Crippen LogP contribution >= 0.6 is 46.4 Å². The number of aromatic nitrogens is 1. The molecule has 1 heterocycles. The molecular formula is C12H8Cl4N2. The Hall–Kier alpha value is -0.670. The summed E-state index contributed by atoms with van der Waals surface area (Å²) in [5.41, 5.74) is 0.729. The van der Waals surface area contributed by atoms with Crippen molar-refractivity contribution >= 4 is 52.2 Å². The van der Waals surface area contributed by atoms with Gasteiger partial charge in [0.1, 0.15) is 11.0 Å². The van der Waals surface area contributed by atoms with E-state index in [0.29, 0.717) is 32.6 Å². The number of nitrogens with zero attached hydrogens (tertiary/aromatic N) is 1. The molecule has 0 saturated carbocycles. The maximum absolute atomic E-state index is 6.09. The van der Waals surface area contributed by atoms with Crippen LogP contribution in [0.1, 0.15) is 5.56 Å². The quantitative estimate of drug-likeness (QED) is 0.612. The first-order valence-electron chi connectivity index (χ1n) is 5.06. The lowest BCUT2D eigenvalue weighted by atomic mass is 10.2. The minimum Gasteiger partial charge on any atom is -0.366 e. The van der Waals surface area contributed by atoms with Crippen molar-refractivity contribution in [3.8, 4) is 0 Å². The number of rotatable bonds is 3. The third kappa shape index (κ3) is 3.21. The van der Waals surface area contributed by atoms with Crippen molar-refractivity contribution in [3.63, 3.8) is 0 Å². The van der Waals surface area contributed by atoms with Gasteiger partial charge in [-0.2, -0.15) is 0 Å². The molecule has 0 bridgehead atoms. The monoisotopic (exact) mass is 320 g/mol. The maximum Gasteiger partial charge on any atom is 0.131 e. The van der Waals surface area contributed by atoms with Crippen LogP contribution in [0, 0.1) is 0 Å². The Balaban J connectivity index is 2.18. The van der Waals surface area contributed by atoms with E-state index in [2.05, 4.69) is 10.3 Å². The molecule has 0 spiro atoms. The van der Waals surface area contributed by atoms with Gasteiger partial charge in [0.2, 0.25) is 0 Å². The fraction of sp³-hybridized carbons (Fsp3) is 0.0833. The van der Waals surface area contributed by atoms with E-state index in [4.69, 9.17) is 46.4 Å². The van der Waals surface area contributed by atoms with E-state index in [1.54, 1.807) is 30.3 Å². The summed E-state index contributed by atoms with van der Waals surface area (Å²) in [6.45, 7) is 0.422. The van der Waals surface area contributed by atoms with Gasteiger partial charge in [-0.1, -0.05) is 52.5 Å². The second kappa shape index (κ2) is 5.98. The highest BCUT2D eigenvalue weighted by molar-refractivity contribution is 6.44. The molecule has 0 atom stereocenters. The molecular weight excluding hydrogens is 314 g/mol. The van der Waals surface area contributed by atoms with Crippen molar-refractivity contribution < 1.29 is 0 Å². The fourth-order valence-corrected chi connectivity index (χ4v) is 2.26. The molecule has 0 fully saturated rings. The van der Waals surface area contributed by atoms with Gasteiger partial charge in [0, 0.05) is 17.1 Å². The lowest BCUT2D eigenvalue weighted by Crippen LogP contribution is -2.02. The molecule has 0 aliphatic rings. The van der Waals surface area contributed by atoms with Crippen molar-refractivity contribution in [3.05, 3.63) is 56.1 Å². The lowest BCUT2D eigenvalue weighted by Gasteiger charge is -2.10. The highest BCUT2D eigenvalue weighted by atomic mass is 35.5. The van der Waals surface area contributed by atoms with E-state index < -0.39 is 0 Å². The number of pyridine rings is 1. The average molecular weight is 322 g/mol. The summed E-state index contributed by atoms with van der Waals surface area (Å²) < 4.78 is 0. The Morgan fingerprint density at radius 3 is 2.39 bits per heavy atom. The van der Waals surface area contributed by atoms with Crippen molar-refractivity contribution in [2.75, 3.05) is 5.32 Å². The predicted octanol–water partition coefficient (Wildman–Crippen LogP) is 5.31. The highest BCUT2D eigenvalue weighted by Crippen LogP contribution is 2.31. The summed E-state index contributed by atoms with van der Waals surface area (Å²) in [4.78, 5) is 4.11. The first kappa shape index (κ1) is 13.8. The largest absolute Gasteiger partial charge is 0.366 e. The summed E-state index contributed by atoms with van der Waals surface area (Å²) in [6.07, 6.45) is 0. The smallest absolute Gasteiger partial charge is 0.131 e. The summed E-state index contributed by atoms with van der Waals surface area (Å²) in [5.74, 6) is 0.648. The van der Waals surface area contributed by atoms with Gasteiger partial charge in [-0.05, 0) is 24.3 Å². The number of anilines is 1. The van der Waals surface area contributed by atoms with Gasteiger partial charge in [-0.3, -0.25) is 0 Å². The molecule has 0 aliphatic carbocycles. The summed E-state index contributed by atoms with van der Waals surface area (Å²) in [6, 6.07) is 8.68. The first-order valence-corrected chi connectivity index (χ1v) is 6.58. The molecule has 94 valence electrons. The lowest BCUT2D eigenvalue weighted by molar-refractivity contribution is 1.11. The van der Waals surface area contributed by atoms with Crippen LogP contribution in [0.3, 0.4) is 0 Å². The molecule has 2 rings (SSSR count). The molecule has 0 unspecified atom stereocenters. The van der Waals surface area contributed by atoms with Crippen molar-refractivity contribution in [2.24, 2.45) is 0 Å². The summed E-state index contributed by atoms with van der Waals surface area (Å²) in [5, 5.41) is 4.97. The molecule has 0 amide bonds. The van der Waals surface area contributed by atoms with Gasteiger partial charge in [0.25, 0.3) is 0 Å². The minimum absolute atomic E-state index is 0.420. The molecule has 0 radical (unpaired) electrons. The zero-order valence-electron chi connectivity index (χ0n) is 9.05. The third-order valence-corrected chi connectivity index (χ3v) is 3.71. The van der Waals surface area contributed by atoms with E-state index in [1.165, 1.54) is 0 Å². The number of nitrogens with one attached hydrogen (secondary N) is 1. The van der Waals surface area contributed by atoms with E-state index >= 15 is 0 Å². The topological polar surface area (TPSA) is 24.9 Å². The van der Waals surface area contributed by atoms with E-state index in [1.807, 2.05) is 0 Å². The van der Waals surface area contributed by atoms with Crippen molar-refractivity contribution in [2.45, 2.75) is 6.54 Å². The minimum atomic E-state index is 0.420. The Bertz CT molecular complexity index is 572. The molecule has 0 aliphatic heterocycles. The number of benzene rings is 1. The zero-order valence-corrected chi connectivity index (χ0v) is 12.1. The molecule has 2 aromatic rings. The van der Waals surface area contributed by atoms with Crippen LogP contribution in [0.2, 0.25) is 20.2 Å². The molecule has 6 heteroatoms. The Labute approximate surface area is 125 Å². The van der Waals surface area contributed by atoms with Gasteiger partial charge in [0.05, 0.1) is 10.0 Å². The Morgan fingerprint density at radius 1 is 0.944 bits per heavy atom. The highest BCUT2D eigenvalue weighted by Gasteiger charge is 2.09. The van der Waals surface area contributed by atoms with Gasteiger partial charge < -0.3 is 5.32 Å². The number of hydrogen-bond acceptors (Lipinski definition) is 2. The van der Waals surface area contributed by atoms with Crippen LogP contribution in [-0.2, 0) is 6.54 Å². The van der Waals surface area contributed by atoms with Crippen molar-refractivity contribution in [1.29, 1.82) is 0 Å². The summed E-state index contributed by atoms with van der Waals surface area (Å²) in [7, 11) is 0. The van der Waals surface area contributed by atoms with E-state index in [-0.39, 0.29) is 0 Å². The Morgan fingerprint density at radius 2 is 1.67 bits per heavy atom. The van der Waals surface area contributed by atoms with Crippen LogP contribution in [0.25, 0.3) is 0 Å². The molecule has 18 heavy (non-hydrogen) atoms. The molecule has 1 N–H and O–H groups in total. The molecule has 1 aromatic carbocycles.